The Morgan fingerprint density at radius 2 is 2.06 bits per heavy atom. The molecule has 1 saturated carbocycles. The van der Waals surface area contributed by atoms with Crippen LogP contribution in [0.2, 0.25) is 0 Å². The maximum atomic E-state index is 5.67. The monoisotopic (exact) mass is 254 g/mol. The summed E-state index contributed by atoms with van der Waals surface area (Å²) in [6.45, 7) is 8.77. The molecular formula is C15H30N2O. The molecule has 1 aliphatic heterocycles. The fraction of sp³-hybridized carbons (Fsp3) is 1.00. The van der Waals surface area contributed by atoms with Crippen LogP contribution in [0.5, 0.6) is 0 Å². The van der Waals surface area contributed by atoms with Crippen molar-refractivity contribution in [1.82, 2.24) is 10.6 Å². The highest BCUT2D eigenvalue weighted by Crippen LogP contribution is 2.33. The average molecular weight is 254 g/mol. The van der Waals surface area contributed by atoms with E-state index in [9.17, 15) is 0 Å². The van der Waals surface area contributed by atoms with Gasteiger partial charge in [0.15, 0.2) is 0 Å². The van der Waals surface area contributed by atoms with Crippen molar-refractivity contribution in [2.75, 3.05) is 39.4 Å². The van der Waals surface area contributed by atoms with Gasteiger partial charge < -0.3 is 15.4 Å². The van der Waals surface area contributed by atoms with E-state index in [1.54, 1.807) is 0 Å². The van der Waals surface area contributed by atoms with Gasteiger partial charge in [-0.3, -0.25) is 0 Å². The normalized spacial score (nSPS) is 23.2. The predicted molar refractivity (Wildman–Crippen MR) is 75.9 cm³/mol. The van der Waals surface area contributed by atoms with Gasteiger partial charge in [0.2, 0.25) is 0 Å². The van der Waals surface area contributed by atoms with Gasteiger partial charge >= 0.3 is 0 Å². The molecule has 1 aliphatic carbocycles. The third kappa shape index (κ3) is 4.87. The fourth-order valence-electron chi connectivity index (χ4n) is 3.04. The van der Waals surface area contributed by atoms with Crippen molar-refractivity contribution in [2.45, 2.75) is 45.4 Å². The van der Waals surface area contributed by atoms with Crippen LogP contribution < -0.4 is 10.6 Å². The van der Waals surface area contributed by atoms with Gasteiger partial charge in [0.25, 0.3) is 0 Å². The summed E-state index contributed by atoms with van der Waals surface area (Å²) in [7, 11) is 0. The molecule has 0 unspecified atom stereocenters. The van der Waals surface area contributed by atoms with Crippen LogP contribution in [0.15, 0.2) is 0 Å². The second-order valence-electron chi connectivity index (χ2n) is 6.20. The molecule has 0 amide bonds. The van der Waals surface area contributed by atoms with Crippen molar-refractivity contribution in [3.63, 3.8) is 0 Å². The lowest BCUT2D eigenvalue weighted by Crippen LogP contribution is -2.43. The molecule has 0 bridgehead atoms. The molecule has 3 heteroatoms. The molecule has 0 atom stereocenters. The molecule has 0 spiro atoms. The highest BCUT2D eigenvalue weighted by Gasteiger charge is 2.30. The minimum atomic E-state index is 0.552. The molecule has 0 aromatic rings. The highest BCUT2D eigenvalue weighted by molar-refractivity contribution is 4.86. The molecule has 3 nitrogen and oxygen atoms in total. The third-order valence-electron chi connectivity index (χ3n) is 4.42. The summed E-state index contributed by atoms with van der Waals surface area (Å²) >= 11 is 0. The average Bonchev–Trinajstić information content (AvgIpc) is 3.19. The largest absolute Gasteiger partial charge is 0.380 e. The summed E-state index contributed by atoms with van der Waals surface area (Å²) in [4.78, 5) is 0. The van der Waals surface area contributed by atoms with Crippen LogP contribution in [-0.2, 0) is 4.74 Å². The van der Waals surface area contributed by atoms with Crippen LogP contribution in [0.1, 0.15) is 45.4 Å². The fourth-order valence-corrected chi connectivity index (χ4v) is 3.04. The lowest BCUT2D eigenvalue weighted by Gasteiger charge is -2.38. The van der Waals surface area contributed by atoms with Gasteiger partial charge in [-0.1, -0.05) is 13.3 Å². The summed E-state index contributed by atoms with van der Waals surface area (Å²) in [6, 6.07) is 0. The molecule has 2 rings (SSSR count). The molecule has 106 valence electrons. The Bertz CT molecular complexity index is 217. The van der Waals surface area contributed by atoms with Gasteiger partial charge in [-0.15, -0.1) is 0 Å². The van der Waals surface area contributed by atoms with E-state index in [0.29, 0.717) is 5.41 Å². The van der Waals surface area contributed by atoms with Crippen molar-refractivity contribution in [3.05, 3.63) is 0 Å². The Kier molecular flexibility index (Phi) is 5.93. The predicted octanol–water partition coefficient (Wildman–Crippen LogP) is 2.17. The molecule has 0 radical (unpaired) electrons. The van der Waals surface area contributed by atoms with Gasteiger partial charge in [-0.25, -0.2) is 0 Å². The first-order chi connectivity index (χ1) is 8.85. The van der Waals surface area contributed by atoms with E-state index in [-0.39, 0.29) is 0 Å². The number of piperidine rings is 1. The SMILES string of the molecule is CCCC1(CNCCOCC2CC2)CCNCC1. The van der Waals surface area contributed by atoms with E-state index in [2.05, 4.69) is 17.6 Å². The van der Waals surface area contributed by atoms with E-state index in [1.165, 1.54) is 58.2 Å². The summed E-state index contributed by atoms with van der Waals surface area (Å²) in [6.07, 6.45) is 8.11. The Labute approximate surface area is 112 Å². The van der Waals surface area contributed by atoms with Gasteiger partial charge in [0.1, 0.15) is 0 Å². The highest BCUT2D eigenvalue weighted by atomic mass is 16.5. The number of nitrogens with one attached hydrogen (secondary N) is 2. The van der Waals surface area contributed by atoms with Crippen LogP contribution in [0.25, 0.3) is 0 Å². The van der Waals surface area contributed by atoms with E-state index >= 15 is 0 Å². The Morgan fingerprint density at radius 1 is 1.28 bits per heavy atom. The van der Waals surface area contributed by atoms with Gasteiger partial charge in [-0.2, -0.15) is 0 Å². The summed E-state index contributed by atoms with van der Waals surface area (Å²) in [5.74, 6) is 0.890. The van der Waals surface area contributed by atoms with Crippen LogP contribution in [0, 0.1) is 11.3 Å². The van der Waals surface area contributed by atoms with Crippen molar-refractivity contribution in [1.29, 1.82) is 0 Å². The van der Waals surface area contributed by atoms with E-state index in [4.69, 9.17) is 4.74 Å². The number of hydrogen-bond donors (Lipinski definition) is 2. The first-order valence-electron chi connectivity index (χ1n) is 7.84. The molecule has 2 N–H and O–H groups in total. The van der Waals surface area contributed by atoms with E-state index < -0.39 is 0 Å². The minimum Gasteiger partial charge on any atom is -0.380 e. The molecule has 18 heavy (non-hydrogen) atoms. The number of rotatable bonds is 9. The molecular weight excluding hydrogens is 224 g/mol. The Morgan fingerprint density at radius 3 is 2.72 bits per heavy atom. The van der Waals surface area contributed by atoms with Crippen molar-refractivity contribution >= 4 is 0 Å². The Balaban J connectivity index is 1.56. The van der Waals surface area contributed by atoms with Crippen LogP contribution in [0.4, 0.5) is 0 Å². The first-order valence-corrected chi connectivity index (χ1v) is 7.84. The number of hydrogen-bond acceptors (Lipinski definition) is 3. The maximum absolute atomic E-state index is 5.67. The topological polar surface area (TPSA) is 33.3 Å². The van der Waals surface area contributed by atoms with Crippen molar-refractivity contribution in [2.24, 2.45) is 11.3 Å². The molecule has 2 aliphatic rings. The minimum absolute atomic E-state index is 0.552. The van der Waals surface area contributed by atoms with Crippen LogP contribution in [-0.4, -0.2) is 39.4 Å². The maximum Gasteiger partial charge on any atom is 0.0591 e. The van der Waals surface area contributed by atoms with Gasteiger partial charge in [0.05, 0.1) is 6.61 Å². The summed E-state index contributed by atoms with van der Waals surface area (Å²) in [5.41, 5.74) is 0.552. The summed E-state index contributed by atoms with van der Waals surface area (Å²) in [5, 5.41) is 7.10. The quantitative estimate of drug-likeness (QED) is 0.619. The second kappa shape index (κ2) is 7.46. The number of ether oxygens (including phenoxy) is 1. The molecule has 0 aromatic heterocycles. The van der Waals surface area contributed by atoms with Gasteiger partial charge in [0, 0.05) is 19.7 Å². The zero-order valence-electron chi connectivity index (χ0n) is 12.0. The van der Waals surface area contributed by atoms with Gasteiger partial charge in [-0.05, 0) is 56.5 Å². The second-order valence-corrected chi connectivity index (χ2v) is 6.20. The smallest absolute Gasteiger partial charge is 0.0591 e. The van der Waals surface area contributed by atoms with E-state index in [0.717, 1.165) is 25.7 Å². The summed E-state index contributed by atoms with van der Waals surface area (Å²) < 4.78 is 5.67. The molecule has 1 heterocycles. The van der Waals surface area contributed by atoms with Crippen molar-refractivity contribution in [3.8, 4) is 0 Å². The Hall–Kier alpha value is -0.120. The first kappa shape index (κ1) is 14.3. The van der Waals surface area contributed by atoms with E-state index in [1.807, 2.05) is 0 Å². The molecule has 2 fully saturated rings. The molecule has 0 aromatic carbocycles. The van der Waals surface area contributed by atoms with Crippen LogP contribution >= 0.6 is 0 Å². The molecule has 1 saturated heterocycles. The zero-order valence-corrected chi connectivity index (χ0v) is 12.0. The van der Waals surface area contributed by atoms with Crippen molar-refractivity contribution < 1.29 is 4.74 Å². The third-order valence-corrected chi connectivity index (χ3v) is 4.42. The standard InChI is InChI=1S/C15H30N2O/c1-2-5-15(6-8-16-9-7-15)13-17-10-11-18-12-14-3-4-14/h14,16-17H,2-13H2,1H3. The lowest BCUT2D eigenvalue weighted by atomic mass is 9.75. The van der Waals surface area contributed by atoms with Crippen LogP contribution in [0.3, 0.4) is 0 Å². The zero-order chi connectivity index (χ0) is 12.7. The lowest BCUT2D eigenvalue weighted by molar-refractivity contribution is 0.118.